The van der Waals surface area contributed by atoms with Gasteiger partial charge in [-0.1, -0.05) is 66.3 Å². The van der Waals surface area contributed by atoms with Crippen LogP contribution < -0.4 is 9.64 Å². The van der Waals surface area contributed by atoms with Crippen molar-refractivity contribution >= 4 is 11.5 Å². The number of halogens is 3. The Labute approximate surface area is 246 Å². The van der Waals surface area contributed by atoms with Gasteiger partial charge in [-0.2, -0.15) is 13.2 Å². The molecule has 1 heterocycles. The topological polar surface area (TPSA) is 49.8 Å². The number of aryl methyl sites for hydroxylation is 1. The summed E-state index contributed by atoms with van der Waals surface area (Å²) in [6, 6.07) is 9.97. The predicted molar refractivity (Wildman–Crippen MR) is 162 cm³/mol. The molecule has 2 aromatic rings. The van der Waals surface area contributed by atoms with E-state index >= 15 is 0 Å². The van der Waals surface area contributed by atoms with Crippen LogP contribution >= 0.6 is 0 Å². The lowest BCUT2D eigenvalue weighted by atomic mass is 9.72. The van der Waals surface area contributed by atoms with E-state index < -0.39 is 22.6 Å². The van der Waals surface area contributed by atoms with Crippen LogP contribution in [-0.2, 0) is 21.8 Å². The van der Waals surface area contributed by atoms with Crippen molar-refractivity contribution in [1.82, 2.24) is 0 Å². The first-order chi connectivity index (χ1) is 19.4. The highest BCUT2D eigenvalue weighted by Crippen LogP contribution is 2.53. The van der Waals surface area contributed by atoms with Crippen LogP contribution in [0.15, 0.2) is 83.3 Å². The molecular formula is C35H40F3NO3. The highest BCUT2D eigenvalue weighted by molar-refractivity contribution is 6.21. The van der Waals surface area contributed by atoms with Crippen molar-refractivity contribution in [3.05, 3.63) is 106 Å². The molecule has 2 aromatic carbocycles. The standard InChI is InChI=1S/C35H40F3NO3/c1-20(2)16-17-39-26-14-11-15-27(42-9)30(26)34(7,8)28(39)19-24-31(40)23(32(24)41)18-22(4)33(5,6)29-21(3)12-10-13-25(29)35(36,37)38/h10-15,18-20,40H,4,16-17H2,1-3,5-9H3/b23-18-,28-19-. The van der Waals surface area contributed by atoms with Gasteiger partial charge in [-0.05, 0) is 66.3 Å². The summed E-state index contributed by atoms with van der Waals surface area (Å²) >= 11 is 0. The number of ketones is 1. The average molecular weight is 580 g/mol. The molecule has 0 unspecified atom stereocenters. The molecule has 1 N–H and O–H groups in total. The second kappa shape index (κ2) is 10.8. The van der Waals surface area contributed by atoms with Gasteiger partial charge in [0, 0.05) is 34.3 Å². The molecule has 1 aliphatic carbocycles. The van der Waals surface area contributed by atoms with Gasteiger partial charge in [0.2, 0.25) is 5.78 Å². The number of rotatable bonds is 8. The molecule has 1 aliphatic heterocycles. The van der Waals surface area contributed by atoms with Crippen LogP contribution in [-0.4, -0.2) is 24.5 Å². The molecule has 0 amide bonds. The van der Waals surface area contributed by atoms with Crippen LogP contribution in [0.5, 0.6) is 5.75 Å². The summed E-state index contributed by atoms with van der Waals surface area (Å²) < 4.78 is 47.4. The predicted octanol–water partition coefficient (Wildman–Crippen LogP) is 8.91. The maximum Gasteiger partial charge on any atom is 0.416 e. The molecular weight excluding hydrogens is 539 g/mol. The van der Waals surface area contributed by atoms with Gasteiger partial charge in [0.15, 0.2) is 0 Å². The van der Waals surface area contributed by atoms with Gasteiger partial charge in [-0.15, -0.1) is 0 Å². The number of allylic oxidation sites excluding steroid dienone is 6. The van der Waals surface area contributed by atoms with Gasteiger partial charge < -0.3 is 14.7 Å². The van der Waals surface area contributed by atoms with Crippen LogP contribution in [0.1, 0.15) is 70.2 Å². The first kappa shape index (κ1) is 31.2. The molecule has 0 aromatic heterocycles. The molecule has 2 aliphatic rings. The maximum absolute atomic E-state index is 13.9. The second-order valence-electron chi connectivity index (χ2n) is 12.6. The zero-order valence-electron chi connectivity index (χ0n) is 25.7. The van der Waals surface area contributed by atoms with Crippen LogP contribution in [0.4, 0.5) is 18.9 Å². The summed E-state index contributed by atoms with van der Waals surface area (Å²) in [5, 5.41) is 11.1. The number of fused-ring (bicyclic) bond motifs is 1. The quantitative estimate of drug-likeness (QED) is 0.317. The Morgan fingerprint density at radius 2 is 1.79 bits per heavy atom. The fourth-order valence-electron chi connectivity index (χ4n) is 6.12. The molecule has 4 rings (SSSR count). The average Bonchev–Trinajstić information content (AvgIpc) is 3.13. The number of carbonyl (C=O) groups is 1. The summed E-state index contributed by atoms with van der Waals surface area (Å²) in [6.07, 6.45) is -0.469. The van der Waals surface area contributed by atoms with Crippen LogP contribution in [0.25, 0.3) is 0 Å². The number of ether oxygens (including phenoxy) is 1. The molecule has 0 fully saturated rings. The number of benzene rings is 2. The van der Waals surface area contributed by atoms with E-state index in [9.17, 15) is 23.1 Å². The number of anilines is 1. The molecule has 224 valence electrons. The summed E-state index contributed by atoms with van der Waals surface area (Å²) in [4.78, 5) is 15.6. The van der Waals surface area contributed by atoms with Gasteiger partial charge in [0.1, 0.15) is 11.5 Å². The maximum atomic E-state index is 13.9. The number of hydrogen-bond donors (Lipinski definition) is 1. The van der Waals surface area contributed by atoms with E-state index in [1.54, 1.807) is 40.0 Å². The van der Waals surface area contributed by atoms with E-state index in [1.165, 1.54) is 12.1 Å². The van der Waals surface area contributed by atoms with Crippen molar-refractivity contribution in [3.63, 3.8) is 0 Å². The Bertz CT molecular complexity index is 1540. The summed E-state index contributed by atoms with van der Waals surface area (Å²) in [5.74, 6) is 0.646. The van der Waals surface area contributed by atoms with Crippen LogP contribution in [0, 0.1) is 12.8 Å². The summed E-state index contributed by atoms with van der Waals surface area (Å²) in [5.41, 5.74) is 1.54. The van der Waals surface area contributed by atoms with Gasteiger partial charge in [-0.25, -0.2) is 0 Å². The molecule has 0 radical (unpaired) electrons. The summed E-state index contributed by atoms with van der Waals surface area (Å²) in [7, 11) is 1.63. The van der Waals surface area contributed by atoms with E-state index in [-0.39, 0.29) is 28.3 Å². The number of aliphatic hydroxyl groups excluding tert-OH is 1. The van der Waals surface area contributed by atoms with Crippen molar-refractivity contribution in [2.75, 3.05) is 18.6 Å². The zero-order valence-corrected chi connectivity index (χ0v) is 25.7. The van der Waals surface area contributed by atoms with E-state index in [2.05, 4.69) is 39.2 Å². The first-order valence-corrected chi connectivity index (χ1v) is 14.2. The van der Waals surface area contributed by atoms with Gasteiger partial charge in [0.25, 0.3) is 0 Å². The van der Waals surface area contributed by atoms with Crippen molar-refractivity contribution in [2.45, 2.75) is 71.9 Å². The van der Waals surface area contributed by atoms with E-state index in [0.717, 1.165) is 41.7 Å². The Kier molecular flexibility index (Phi) is 8.04. The third-order valence-electron chi connectivity index (χ3n) is 8.61. The number of alkyl halides is 3. The molecule has 0 bridgehead atoms. The third kappa shape index (κ3) is 5.18. The van der Waals surface area contributed by atoms with E-state index in [4.69, 9.17) is 4.74 Å². The van der Waals surface area contributed by atoms with Crippen molar-refractivity contribution in [2.24, 2.45) is 5.92 Å². The molecule has 7 heteroatoms. The Morgan fingerprint density at radius 3 is 2.36 bits per heavy atom. The van der Waals surface area contributed by atoms with E-state index in [1.807, 2.05) is 18.2 Å². The number of hydrogen-bond acceptors (Lipinski definition) is 4. The van der Waals surface area contributed by atoms with Crippen LogP contribution in [0.2, 0.25) is 0 Å². The third-order valence-corrected chi connectivity index (χ3v) is 8.61. The molecule has 0 atom stereocenters. The number of carbonyl (C=O) groups excluding carboxylic acids is 1. The van der Waals surface area contributed by atoms with Gasteiger partial charge >= 0.3 is 6.18 Å². The van der Waals surface area contributed by atoms with Crippen LogP contribution in [0.3, 0.4) is 0 Å². The lowest BCUT2D eigenvalue weighted by Crippen LogP contribution is -2.30. The molecule has 0 saturated carbocycles. The fraction of sp³-hybridized carbons (Fsp3) is 0.400. The van der Waals surface area contributed by atoms with Crippen molar-refractivity contribution < 1.29 is 27.8 Å². The second-order valence-corrected chi connectivity index (χ2v) is 12.6. The zero-order chi connectivity index (χ0) is 31.4. The molecule has 0 saturated heterocycles. The highest BCUT2D eigenvalue weighted by atomic mass is 19.4. The smallest absolute Gasteiger partial charge is 0.416 e. The van der Waals surface area contributed by atoms with Crippen molar-refractivity contribution in [3.8, 4) is 5.75 Å². The van der Waals surface area contributed by atoms with Gasteiger partial charge in [0.05, 0.1) is 23.8 Å². The largest absolute Gasteiger partial charge is 0.506 e. The number of nitrogens with zero attached hydrogens (tertiary/aromatic N) is 1. The Balaban J connectivity index is 1.76. The normalized spacial score (nSPS) is 18.7. The monoisotopic (exact) mass is 579 g/mol. The highest BCUT2D eigenvalue weighted by Gasteiger charge is 2.45. The molecule has 0 spiro atoms. The fourth-order valence-corrected chi connectivity index (χ4v) is 6.12. The van der Waals surface area contributed by atoms with Crippen molar-refractivity contribution in [1.29, 1.82) is 0 Å². The first-order valence-electron chi connectivity index (χ1n) is 14.2. The number of methoxy groups -OCH3 is 1. The molecule has 42 heavy (non-hydrogen) atoms. The number of aliphatic hydroxyl groups is 1. The molecule has 4 nitrogen and oxygen atoms in total. The lowest BCUT2D eigenvalue weighted by Gasteiger charge is -2.32. The summed E-state index contributed by atoms with van der Waals surface area (Å²) in [6.45, 7) is 18.1. The Morgan fingerprint density at radius 1 is 1.14 bits per heavy atom. The lowest BCUT2D eigenvalue weighted by molar-refractivity contribution is -0.138. The Hall–Kier alpha value is -3.74. The van der Waals surface area contributed by atoms with Gasteiger partial charge in [-0.3, -0.25) is 4.79 Å². The van der Waals surface area contributed by atoms with E-state index in [0.29, 0.717) is 17.1 Å². The minimum absolute atomic E-state index is 0.0432. The SMILES string of the molecule is C=C(/C=C1\C(=O)C(/C=C2\N(CCC(C)C)c3cccc(OC)c3C2(C)C)=C1O)C(C)(C)c1c(C)cccc1C(F)(F)F. The number of Topliss-reactive ketones (excluding diaryl/α,β-unsaturated/α-hetero) is 1. The minimum Gasteiger partial charge on any atom is -0.506 e. The minimum atomic E-state index is -4.55.